The van der Waals surface area contributed by atoms with Crippen molar-refractivity contribution in [2.75, 3.05) is 38.8 Å². The van der Waals surface area contributed by atoms with Gasteiger partial charge in [0.1, 0.15) is 100 Å². The molecule has 9 aromatic rings. The molecule has 5 N–H and O–H groups in total. The quantitative estimate of drug-likeness (QED) is 0.0253. The highest BCUT2D eigenvalue weighted by atomic mass is 32.1. The molecule has 111 heavy (non-hydrogen) atoms. The van der Waals surface area contributed by atoms with Crippen molar-refractivity contribution in [1.29, 1.82) is 0 Å². The second-order valence-corrected chi connectivity index (χ2v) is 31.6. The molecule has 1 saturated carbocycles. The molecule has 31 nitrogen and oxygen atoms in total. The van der Waals surface area contributed by atoms with Crippen LogP contribution in [0.5, 0.6) is 5.75 Å². The second kappa shape index (κ2) is 35.9. The molecule has 9 heterocycles. The zero-order valence-electron chi connectivity index (χ0n) is 60.8. The van der Waals surface area contributed by atoms with Gasteiger partial charge in [-0.05, 0) is 87.8 Å². The Morgan fingerprint density at radius 3 is 2.03 bits per heavy atom. The molecule has 1 aliphatic carbocycles. The molecule has 1 saturated heterocycles. The lowest BCUT2D eigenvalue weighted by Crippen LogP contribution is -2.50. The van der Waals surface area contributed by atoms with Crippen molar-refractivity contribution in [1.82, 2.24) is 55.7 Å². The molecule has 2 aliphatic heterocycles. The van der Waals surface area contributed by atoms with Crippen LogP contribution in [0.15, 0.2) is 93.6 Å². The van der Waals surface area contributed by atoms with E-state index < -0.39 is 115 Å². The molecule has 10 bridgehead atoms. The van der Waals surface area contributed by atoms with Crippen LogP contribution >= 0.6 is 68.0 Å². The van der Waals surface area contributed by atoms with Gasteiger partial charge in [0, 0.05) is 76.5 Å². The Kier molecular flexibility index (Phi) is 25.8. The van der Waals surface area contributed by atoms with Gasteiger partial charge in [0.15, 0.2) is 6.10 Å². The number of aromatic nitrogens is 7. The number of carbonyl (C=O) groups is 11. The van der Waals surface area contributed by atoms with Gasteiger partial charge in [0.05, 0.1) is 57.5 Å². The molecular weight excluding hydrogens is 1550 g/mol. The van der Waals surface area contributed by atoms with Crippen molar-refractivity contribution in [2.45, 2.75) is 135 Å². The van der Waals surface area contributed by atoms with Gasteiger partial charge >= 0.3 is 36.1 Å². The van der Waals surface area contributed by atoms with Crippen LogP contribution in [0, 0.1) is 18.8 Å². The number of nitrogens with two attached hydrogens (primary N) is 1. The van der Waals surface area contributed by atoms with Crippen molar-refractivity contribution in [3.8, 4) is 49.1 Å². The van der Waals surface area contributed by atoms with E-state index in [0.29, 0.717) is 97.2 Å². The van der Waals surface area contributed by atoms with E-state index in [1.165, 1.54) is 94.8 Å². The largest absolute Gasteiger partial charge is 0.513 e. The average molecular weight is 1630 g/mol. The molecule has 2 aromatic carbocycles. The molecule has 580 valence electrons. The van der Waals surface area contributed by atoms with Crippen molar-refractivity contribution in [2.24, 2.45) is 17.6 Å². The Bertz CT molecular complexity index is 4950. The number of nitrogens with zero attached hydrogens (tertiary/aromatic N) is 9. The zero-order chi connectivity index (χ0) is 78.7. The number of esters is 4. The molecular formula is C74H75N13O18S6. The molecule has 0 radical (unpaired) electrons. The number of methoxy groups -OCH3 is 2. The van der Waals surface area contributed by atoms with E-state index >= 15 is 9.59 Å². The number of rotatable bonds is 19. The van der Waals surface area contributed by atoms with E-state index in [1.807, 2.05) is 6.92 Å². The fourth-order valence-corrected chi connectivity index (χ4v) is 18.3. The predicted octanol–water partition coefficient (Wildman–Crippen LogP) is 11.3. The van der Waals surface area contributed by atoms with Gasteiger partial charge in [-0.1, -0.05) is 49.4 Å². The van der Waals surface area contributed by atoms with Crippen LogP contribution in [-0.2, 0) is 63.6 Å². The lowest BCUT2D eigenvalue weighted by atomic mass is 9.87. The first-order chi connectivity index (χ1) is 53.4. The first kappa shape index (κ1) is 79.7. The normalized spacial score (nSPS) is 19.5. The lowest BCUT2D eigenvalue weighted by molar-refractivity contribution is -0.149. The molecule has 0 spiro atoms. The first-order valence-electron chi connectivity index (χ1n) is 35.2. The summed E-state index contributed by atoms with van der Waals surface area (Å²) < 4.78 is 38.1. The Labute approximate surface area is 659 Å². The SMILES string of the molecule is CCOC(=O)Oc1ccc(C[C@@H]2NC(=O)c3csc(n3)[C@H]([C@H](OC(C)=O)c3ccccc3)NC(=O)c3nc(sc3C)[C@H](CC(N)=O)NC(=O)c3csc(n3)-c3ccc(-c4nc(N(CCCCC(=O)OC)C(=O)O[C@H]5CC[C@H](C(=O)OC)CC5)cs4)nc3-c3csc(n3)-c3csc(n3)[C@@H]3[C@@H](C)[C@@H](OC(C)=O)CN3C2=O)cc1. The third kappa shape index (κ3) is 19.1. The topological polar surface area (TPSA) is 411 Å². The van der Waals surface area contributed by atoms with Gasteiger partial charge in [-0.25, -0.2) is 44.5 Å². The molecule has 12 rings (SSSR count). The Morgan fingerprint density at radius 2 is 1.32 bits per heavy atom. The summed E-state index contributed by atoms with van der Waals surface area (Å²) in [5, 5.41) is 18.6. The number of aryl methyl sites for hydroxylation is 1. The van der Waals surface area contributed by atoms with E-state index in [4.69, 9.17) is 73.8 Å². The van der Waals surface area contributed by atoms with Gasteiger partial charge in [0.2, 0.25) is 11.8 Å². The zero-order valence-corrected chi connectivity index (χ0v) is 65.7. The van der Waals surface area contributed by atoms with Crippen molar-refractivity contribution in [3.63, 3.8) is 0 Å². The van der Waals surface area contributed by atoms with Gasteiger partial charge in [-0.2, -0.15) is 0 Å². The van der Waals surface area contributed by atoms with Crippen LogP contribution < -0.4 is 31.3 Å². The summed E-state index contributed by atoms with van der Waals surface area (Å²) >= 11 is 6.71. The summed E-state index contributed by atoms with van der Waals surface area (Å²) in [5.41, 5.74) is 8.14. The van der Waals surface area contributed by atoms with E-state index in [9.17, 15) is 43.2 Å². The minimum absolute atomic E-state index is 0.0656. The van der Waals surface area contributed by atoms with Crippen LogP contribution in [-0.4, -0.2) is 158 Å². The van der Waals surface area contributed by atoms with Crippen LogP contribution in [0.3, 0.4) is 0 Å². The number of pyridine rings is 1. The monoisotopic (exact) mass is 1630 g/mol. The highest BCUT2D eigenvalue weighted by molar-refractivity contribution is 7.15. The van der Waals surface area contributed by atoms with E-state index in [1.54, 1.807) is 84.6 Å². The number of anilines is 1. The maximum Gasteiger partial charge on any atom is 0.513 e. The minimum Gasteiger partial charge on any atom is -0.469 e. The molecule has 0 unspecified atom stereocenters. The molecule has 37 heteroatoms. The van der Waals surface area contributed by atoms with E-state index in [0.717, 1.165) is 34.0 Å². The number of benzene rings is 2. The van der Waals surface area contributed by atoms with Gasteiger partial charge in [-0.15, -0.1) is 68.0 Å². The average Bonchev–Trinajstić information content (AvgIpc) is 1.66. The van der Waals surface area contributed by atoms with Crippen molar-refractivity contribution < 1.29 is 85.9 Å². The number of amides is 6. The van der Waals surface area contributed by atoms with E-state index in [2.05, 4.69) is 16.0 Å². The number of unbranched alkanes of at least 4 members (excludes halogenated alkanes) is 1. The summed E-state index contributed by atoms with van der Waals surface area (Å²) in [6.45, 7) is 7.57. The molecule has 2 fully saturated rings. The smallest absolute Gasteiger partial charge is 0.469 e. The number of primary amides is 1. The maximum atomic E-state index is 15.8. The summed E-state index contributed by atoms with van der Waals surface area (Å²) in [7, 11) is 2.64. The molecule has 3 aliphatic rings. The summed E-state index contributed by atoms with van der Waals surface area (Å²) in [4.78, 5) is 188. The van der Waals surface area contributed by atoms with E-state index in [-0.39, 0.29) is 88.8 Å². The minimum atomic E-state index is -1.39. The van der Waals surface area contributed by atoms with Crippen LogP contribution in [0.4, 0.5) is 15.4 Å². The van der Waals surface area contributed by atoms with Crippen LogP contribution in [0.1, 0.15) is 166 Å². The van der Waals surface area contributed by atoms with Crippen molar-refractivity contribution >= 4 is 140 Å². The number of fused-ring (bicyclic) bond motifs is 16. The number of hydrogen-bond donors (Lipinski definition) is 4. The summed E-state index contributed by atoms with van der Waals surface area (Å²) in [6.07, 6.45) is -2.12. The number of thiazole rings is 6. The summed E-state index contributed by atoms with van der Waals surface area (Å²) in [6, 6.07) is 13.4. The van der Waals surface area contributed by atoms with Gasteiger partial charge in [-0.3, -0.25) is 48.1 Å². The fraction of sp³-hybridized carbons (Fsp3) is 0.378. The molecule has 7 aromatic heterocycles. The third-order valence-electron chi connectivity index (χ3n) is 18.4. The Hall–Kier alpha value is -10.9. The number of nitrogens with one attached hydrogen (secondary N) is 3. The lowest BCUT2D eigenvalue weighted by Gasteiger charge is -2.29. The highest BCUT2D eigenvalue weighted by Crippen LogP contribution is 2.45. The molecule has 7 atom stereocenters. The number of hydrogen-bond acceptors (Lipinski definition) is 31. The fourth-order valence-electron chi connectivity index (χ4n) is 13.0. The maximum absolute atomic E-state index is 15.8. The standard InChI is InChI=1S/C74H75N13O18S6/c1-8-101-74(98)105-44-21-17-40(18-22-44)28-48-71(95)87-30-53(102-38(4)88)36(2)60(87)70-82-52(34-109-70)67-79-49(31-107-67)58-45(25-26-46(76-58)66-83-55(35-110-66)86(27-13-12-16-56(91)99-6)73(97)104-43-23-19-42(20-24-43)72(96)100-7)65-80-50(32-106-65)62(92)77-47(29-54(75)90)68-85-57(37(3)111-68)64(94)84-59(69-81-51(33-108-69)63(93)78-48)61(103-39(5)89)41-14-10-9-11-15-41/h9-11,14-15,17-18,21-22,25-26,31-36,42-43,47-48,53,59-61H,8,12-13,16,19-20,23-24,27-30H2,1-7H3,(H2,75,90)(H,77,92)(H,78,93)(H,84,94)/t36-,42-,43-,47-,48-,53-,59-,60-,61+/m0/s1. The highest BCUT2D eigenvalue weighted by Gasteiger charge is 2.48. The van der Waals surface area contributed by atoms with Gasteiger partial charge < -0.3 is 59.7 Å². The Morgan fingerprint density at radius 1 is 0.649 bits per heavy atom. The first-order valence-corrected chi connectivity index (χ1v) is 40.4. The van der Waals surface area contributed by atoms with Crippen LogP contribution in [0.2, 0.25) is 0 Å². The van der Waals surface area contributed by atoms with Crippen LogP contribution in [0.25, 0.3) is 43.4 Å². The second-order valence-electron chi connectivity index (χ2n) is 26.0. The third-order valence-corrected chi connectivity index (χ3v) is 23.9. The number of ether oxygens (including phenoxy) is 7. The molecule has 6 amide bonds. The van der Waals surface area contributed by atoms with Crippen molar-refractivity contribution in [3.05, 3.63) is 142 Å². The predicted molar refractivity (Wildman–Crippen MR) is 408 cm³/mol. The number of carbonyl (C=O) groups excluding carboxylic acids is 11. The summed E-state index contributed by atoms with van der Waals surface area (Å²) in [5.74, 6) is -6.36. The van der Waals surface area contributed by atoms with Gasteiger partial charge in [0.25, 0.3) is 17.7 Å². The Balaban J connectivity index is 0.952.